The molecule has 10 heteroatoms. The Labute approximate surface area is 134 Å². The first kappa shape index (κ1) is 15.0. The van der Waals surface area contributed by atoms with Gasteiger partial charge in [-0.3, -0.25) is 0 Å². The van der Waals surface area contributed by atoms with E-state index in [2.05, 4.69) is 20.3 Å². The first-order chi connectivity index (χ1) is 11.0. The number of oxazole rings is 1. The lowest BCUT2D eigenvalue weighted by atomic mass is 10.3. The van der Waals surface area contributed by atoms with Crippen molar-refractivity contribution < 1.29 is 14.3 Å². The largest absolute Gasteiger partial charge is 0.465 e. The van der Waals surface area contributed by atoms with Crippen LogP contribution >= 0.6 is 11.3 Å². The highest BCUT2D eigenvalue weighted by Gasteiger charge is 2.19. The van der Waals surface area contributed by atoms with Gasteiger partial charge in [-0.1, -0.05) is 6.07 Å². The van der Waals surface area contributed by atoms with Crippen LogP contribution < -0.4 is 16.0 Å². The number of carboxylic acid groups (broad SMARTS) is 1. The Morgan fingerprint density at radius 2 is 2.30 bits per heavy atom. The second-order valence-electron chi connectivity index (χ2n) is 4.68. The minimum atomic E-state index is -1.19. The molecule has 0 saturated heterocycles. The molecule has 0 aliphatic rings. The highest BCUT2D eigenvalue weighted by Crippen LogP contribution is 2.25. The van der Waals surface area contributed by atoms with Gasteiger partial charge in [-0.15, -0.1) is 11.3 Å². The number of thiophene rings is 1. The quantitative estimate of drug-likeness (QED) is 0.646. The Morgan fingerprint density at radius 1 is 1.48 bits per heavy atom. The first-order valence-electron chi connectivity index (χ1n) is 6.71. The maximum Gasteiger partial charge on any atom is 0.415 e. The Balaban J connectivity index is 1.85. The Morgan fingerprint density at radius 3 is 3.00 bits per heavy atom. The van der Waals surface area contributed by atoms with Crippen LogP contribution in [0.4, 0.5) is 22.6 Å². The molecule has 0 atom stereocenters. The molecule has 4 N–H and O–H groups in total. The number of nitrogens with two attached hydrogens (primary N) is 1. The zero-order valence-electron chi connectivity index (χ0n) is 12.2. The predicted octanol–water partition coefficient (Wildman–Crippen LogP) is 2.03. The van der Waals surface area contributed by atoms with Gasteiger partial charge >= 0.3 is 12.1 Å². The number of amides is 1. The average molecular weight is 334 g/mol. The van der Waals surface area contributed by atoms with Crippen molar-refractivity contribution in [2.24, 2.45) is 0 Å². The number of anilines is 3. The third-order valence-corrected chi connectivity index (χ3v) is 4.02. The van der Waals surface area contributed by atoms with Crippen LogP contribution in [0.15, 0.2) is 21.9 Å². The predicted molar refractivity (Wildman–Crippen MR) is 87.0 cm³/mol. The van der Waals surface area contributed by atoms with Gasteiger partial charge in [0.05, 0.1) is 0 Å². The van der Waals surface area contributed by atoms with Gasteiger partial charge in [0.15, 0.2) is 11.3 Å². The molecule has 1 amide bonds. The van der Waals surface area contributed by atoms with Crippen molar-refractivity contribution in [2.45, 2.75) is 6.42 Å². The van der Waals surface area contributed by atoms with Crippen molar-refractivity contribution in [1.29, 1.82) is 0 Å². The molecule has 120 valence electrons. The second kappa shape index (κ2) is 6.08. The number of carbonyl (C=O) groups is 1. The van der Waals surface area contributed by atoms with Crippen LogP contribution in [0.1, 0.15) is 4.88 Å². The summed E-state index contributed by atoms with van der Waals surface area (Å²) in [6.07, 6.45) is -0.368. The van der Waals surface area contributed by atoms with Gasteiger partial charge in [0.2, 0.25) is 5.95 Å². The lowest BCUT2D eigenvalue weighted by Gasteiger charge is -2.05. The number of rotatable bonds is 5. The summed E-state index contributed by atoms with van der Waals surface area (Å²) in [7, 11) is 1.33. The summed E-state index contributed by atoms with van der Waals surface area (Å²) >= 11 is 1.67. The van der Waals surface area contributed by atoms with Gasteiger partial charge in [0, 0.05) is 18.5 Å². The summed E-state index contributed by atoms with van der Waals surface area (Å²) in [5.41, 5.74) is 6.14. The molecular formula is C13H14N6O3S. The molecule has 0 spiro atoms. The molecule has 3 heterocycles. The maximum absolute atomic E-state index is 11.0. The molecular weight excluding hydrogens is 320 g/mol. The van der Waals surface area contributed by atoms with E-state index >= 15 is 0 Å². The lowest BCUT2D eigenvalue weighted by Crippen LogP contribution is -2.23. The Hall–Kier alpha value is -2.88. The number of nitrogens with zero attached hydrogens (tertiary/aromatic N) is 4. The Bertz CT molecular complexity index is 832. The summed E-state index contributed by atoms with van der Waals surface area (Å²) in [4.78, 5) is 25.2. The summed E-state index contributed by atoms with van der Waals surface area (Å²) in [5, 5.41) is 14.1. The van der Waals surface area contributed by atoms with Crippen LogP contribution in [0, 0.1) is 0 Å². The minimum absolute atomic E-state index is 0.0248. The molecule has 0 radical (unpaired) electrons. The zero-order chi connectivity index (χ0) is 16.4. The molecule has 0 aromatic carbocycles. The highest BCUT2D eigenvalue weighted by molar-refractivity contribution is 7.09. The fraction of sp³-hybridized carbons (Fsp3) is 0.231. The van der Waals surface area contributed by atoms with Crippen molar-refractivity contribution in [2.75, 3.05) is 29.5 Å². The van der Waals surface area contributed by atoms with E-state index in [0.717, 1.165) is 11.3 Å². The van der Waals surface area contributed by atoms with Crippen molar-refractivity contribution >= 4 is 46.4 Å². The summed E-state index contributed by atoms with van der Waals surface area (Å²) in [5.74, 6) is 0.439. The van der Waals surface area contributed by atoms with Gasteiger partial charge in [0.1, 0.15) is 0 Å². The number of aromatic nitrogens is 3. The first-order valence-corrected chi connectivity index (χ1v) is 7.59. The molecule has 0 aliphatic carbocycles. The van der Waals surface area contributed by atoms with E-state index in [1.54, 1.807) is 11.3 Å². The molecule has 3 rings (SSSR count). The molecule has 0 saturated carbocycles. The highest BCUT2D eigenvalue weighted by atomic mass is 32.1. The molecule has 23 heavy (non-hydrogen) atoms. The third-order valence-electron chi connectivity index (χ3n) is 3.08. The molecule has 3 aromatic heterocycles. The summed E-state index contributed by atoms with van der Waals surface area (Å²) in [6.45, 7) is 0.628. The van der Waals surface area contributed by atoms with Crippen molar-refractivity contribution in [1.82, 2.24) is 15.0 Å². The fourth-order valence-electron chi connectivity index (χ4n) is 1.94. The molecule has 0 aliphatic heterocycles. The van der Waals surface area contributed by atoms with Crippen LogP contribution in [0.2, 0.25) is 0 Å². The van der Waals surface area contributed by atoms with Crippen LogP contribution in [-0.2, 0) is 6.42 Å². The zero-order valence-corrected chi connectivity index (χ0v) is 13.0. The van der Waals surface area contributed by atoms with Crippen molar-refractivity contribution in [3.8, 4) is 0 Å². The lowest BCUT2D eigenvalue weighted by molar-refractivity contribution is 0.202. The monoisotopic (exact) mass is 334 g/mol. The van der Waals surface area contributed by atoms with Crippen LogP contribution in [-0.4, -0.2) is 39.7 Å². The van der Waals surface area contributed by atoms with E-state index in [9.17, 15) is 4.79 Å². The average Bonchev–Trinajstić information content (AvgIpc) is 3.15. The fourth-order valence-corrected chi connectivity index (χ4v) is 2.64. The summed E-state index contributed by atoms with van der Waals surface area (Å²) < 4.78 is 5.33. The van der Waals surface area contributed by atoms with Gasteiger partial charge in [-0.2, -0.15) is 15.0 Å². The smallest absolute Gasteiger partial charge is 0.415 e. The van der Waals surface area contributed by atoms with E-state index in [1.807, 2.05) is 17.5 Å². The van der Waals surface area contributed by atoms with Gasteiger partial charge in [-0.25, -0.2) is 9.69 Å². The maximum atomic E-state index is 11.0. The molecule has 3 aromatic rings. The Kier molecular flexibility index (Phi) is 3.98. The number of hydrogen-bond donors (Lipinski definition) is 3. The van der Waals surface area contributed by atoms with Gasteiger partial charge < -0.3 is 20.6 Å². The topological polar surface area (TPSA) is 130 Å². The van der Waals surface area contributed by atoms with E-state index < -0.39 is 6.09 Å². The molecule has 9 nitrogen and oxygen atoms in total. The van der Waals surface area contributed by atoms with E-state index in [1.165, 1.54) is 11.9 Å². The van der Waals surface area contributed by atoms with Crippen molar-refractivity contribution in [3.63, 3.8) is 0 Å². The minimum Gasteiger partial charge on any atom is -0.465 e. The molecule has 0 unspecified atom stereocenters. The van der Waals surface area contributed by atoms with E-state index in [4.69, 9.17) is 15.3 Å². The van der Waals surface area contributed by atoms with Crippen LogP contribution in [0.5, 0.6) is 0 Å². The third kappa shape index (κ3) is 3.16. The van der Waals surface area contributed by atoms with Gasteiger partial charge in [-0.05, 0) is 17.9 Å². The molecule has 0 fully saturated rings. The number of fused-ring (bicyclic) bond motifs is 1. The standard InChI is InChI=1S/C13H14N6O3S/c1-19(13(20)21)12-16-8-9(17-11(14)18-10(8)22-12)15-5-4-7-3-2-6-23-7/h2-3,6H,4-5H2,1H3,(H,20,21)(H3,14,15,17,18). The van der Waals surface area contributed by atoms with E-state index in [-0.39, 0.29) is 17.7 Å². The van der Waals surface area contributed by atoms with Crippen LogP contribution in [0.3, 0.4) is 0 Å². The number of nitrogen functional groups attached to an aromatic ring is 1. The summed E-state index contributed by atoms with van der Waals surface area (Å²) in [6, 6.07) is 3.95. The SMILES string of the molecule is CN(C(=O)O)c1nc2c(NCCc3cccs3)nc(N)nc2o1. The second-order valence-corrected chi connectivity index (χ2v) is 5.71. The number of nitrogens with one attached hydrogen (secondary N) is 1. The van der Waals surface area contributed by atoms with E-state index in [0.29, 0.717) is 17.9 Å². The van der Waals surface area contributed by atoms with Crippen molar-refractivity contribution in [3.05, 3.63) is 22.4 Å². The molecule has 0 bridgehead atoms. The number of hydrogen-bond acceptors (Lipinski definition) is 8. The van der Waals surface area contributed by atoms with Gasteiger partial charge in [0.25, 0.3) is 5.71 Å². The van der Waals surface area contributed by atoms with Crippen LogP contribution in [0.25, 0.3) is 11.2 Å². The normalized spacial score (nSPS) is 10.8.